The largest absolute Gasteiger partial charge is 0.477 e. The number of rotatable bonds is 7. The van der Waals surface area contributed by atoms with Gasteiger partial charge in [0.2, 0.25) is 0 Å². The number of nitrogens with one attached hydrogen (secondary N) is 1. The number of carbonyl (C=O) groups is 1. The monoisotopic (exact) mass is 412 g/mol. The van der Waals surface area contributed by atoms with Crippen molar-refractivity contribution in [2.45, 2.75) is 40.4 Å². The van der Waals surface area contributed by atoms with E-state index in [1.807, 2.05) is 29.7 Å². The van der Waals surface area contributed by atoms with E-state index in [0.29, 0.717) is 25.3 Å². The van der Waals surface area contributed by atoms with Crippen LogP contribution in [0.25, 0.3) is 10.9 Å². The van der Waals surface area contributed by atoms with Crippen LogP contribution in [0.5, 0.6) is 0 Å². The zero-order chi connectivity index (χ0) is 22.0. The molecule has 0 fully saturated rings. The SMILES string of the molecule is Cc1ccc(Cn2c(C(=O)O)c(CNCc3cccc(C)c3)c3ccc(C)cc32)cc1. The first-order valence-corrected chi connectivity index (χ1v) is 10.6. The van der Waals surface area contributed by atoms with E-state index in [9.17, 15) is 9.90 Å². The number of aryl methyl sites for hydroxylation is 3. The van der Waals surface area contributed by atoms with E-state index >= 15 is 0 Å². The van der Waals surface area contributed by atoms with Gasteiger partial charge < -0.3 is 15.0 Å². The van der Waals surface area contributed by atoms with Gasteiger partial charge in [0.1, 0.15) is 5.69 Å². The van der Waals surface area contributed by atoms with Crippen LogP contribution in [-0.4, -0.2) is 15.6 Å². The fourth-order valence-electron chi connectivity index (χ4n) is 4.15. The minimum atomic E-state index is -0.895. The molecule has 4 rings (SSSR count). The highest BCUT2D eigenvalue weighted by molar-refractivity contribution is 5.98. The van der Waals surface area contributed by atoms with Crippen LogP contribution in [0.4, 0.5) is 0 Å². The quantitative estimate of drug-likeness (QED) is 0.415. The summed E-state index contributed by atoms with van der Waals surface area (Å²) in [5.41, 5.74) is 7.96. The van der Waals surface area contributed by atoms with Gasteiger partial charge in [-0.05, 0) is 43.5 Å². The highest BCUT2D eigenvalue weighted by Crippen LogP contribution is 2.29. The van der Waals surface area contributed by atoms with E-state index in [1.54, 1.807) is 0 Å². The Hall–Kier alpha value is -3.37. The van der Waals surface area contributed by atoms with Crippen molar-refractivity contribution in [3.63, 3.8) is 0 Å². The Morgan fingerprint density at radius 2 is 1.55 bits per heavy atom. The Morgan fingerprint density at radius 3 is 2.26 bits per heavy atom. The second kappa shape index (κ2) is 8.78. The molecule has 3 aromatic carbocycles. The first-order chi connectivity index (χ1) is 14.9. The standard InChI is InChI=1S/C27H28N2O2/c1-18-7-10-21(11-8-18)17-29-25-14-20(3)9-12-23(25)24(26(29)27(30)31)16-28-15-22-6-4-5-19(2)13-22/h4-14,28H,15-17H2,1-3H3,(H,30,31). The van der Waals surface area contributed by atoms with Crippen LogP contribution in [0.1, 0.15) is 43.9 Å². The molecule has 0 amide bonds. The second-order valence-corrected chi connectivity index (χ2v) is 8.32. The molecule has 0 atom stereocenters. The van der Waals surface area contributed by atoms with Crippen LogP contribution in [0.2, 0.25) is 0 Å². The number of fused-ring (bicyclic) bond motifs is 1. The molecule has 4 heteroatoms. The van der Waals surface area contributed by atoms with Gasteiger partial charge in [-0.3, -0.25) is 0 Å². The average Bonchev–Trinajstić information content (AvgIpc) is 3.02. The molecular formula is C27H28N2O2. The molecule has 2 N–H and O–H groups in total. The van der Waals surface area contributed by atoms with Gasteiger partial charge in [0, 0.05) is 36.1 Å². The van der Waals surface area contributed by atoms with Crippen LogP contribution in [0, 0.1) is 20.8 Å². The van der Waals surface area contributed by atoms with Crippen LogP contribution in [-0.2, 0) is 19.6 Å². The molecule has 0 aliphatic rings. The lowest BCUT2D eigenvalue weighted by Crippen LogP contribution is -2.17. The minimum Gasteiger partial charge on any atom is -0.477 e. The fraction of sp³-hybridized carbons (Fsp3) is 0.222. The van der Waals surface area contributed by atoms with E-state index in [-0.39, 0.29) is 0 Å². The van der Waals surface area contributed by atoms with E-state index < -0.39 is 5.97 Å². The summed E-state index contributed by atoms with van der Waals surface area (Å²) in [6.45, 7) is 7.89. The molecule has 158 valence electrons. The van der Waals surface area contributed by atoms with Crippen LogP contribution >= 0.6 is 0 Å². The molecule has 0 spiro atoms. The summed E-state index contributed by atoms with van der Waals surface area (Å²) in [7, 11) is 0. The second-order valence-electron chi connectivity index (χ2n) is 8.32. The maximum Gasteiger partial charge on any atom is 0.352 e. The van der Waals surface area contributed by atoms with Crippen molar-refractivity contribution in [2.75, 3.05) is 0 Å². The highest BCUT2D eigenvalue weighted by Gasteiger charge is 2.22. The third kappa shape index (κ3) is 4.54. The van der Waals surface area contributed by atoms with Crippen molar-refractivity contribution in [1.29, 1.82) is 0 Å². The molecule has 0 bridgehead atoms. The zero-order valence-electron chi connectivity index (χ0n) is 18.3. The number of aromatic nitrogens is 1. The number of carboxylic acid groups (broad SMARTS) is 1. The fourth-order valence-corrected chi connectivity index (χ4v) is 4.15. The molecule has 0 saturated carbocycles. The van der Waals surface area contributed by atoms with Crippen molar-refractivity contribution >= 4 is 16.9 Å². The van der Waals surface area contributed by atoms with Gasteiger partial charge in [0.25, 0.3) is 0 Å². The van der Waals surface area contributed by atoms with E-state index in [2.05, 4.69) is 67.7 Å². The maximum atomic E-state index is 12.4. The van der Waals surface area contributed by atoms with E-state index in [4.69, 9.17) is 0 Å². The number of aromatic carboxylic acids is 1. The summed E-state index contributed by atoms with van der Waals surface area (Å²) < 4.78 is 1.94. The topological polar surface area (TPSA) is 54.3 Å². The normalized spacial score (nSPS) is 11.2. The first-order valence-electron chi connectivity index (χ1n) is 10.6. The molecule has 1 heterocycles. The van der Waals surface area contributed by atoms with E-state index in [1.165, 1.54) is 16.7 Å². The smallest absolute Gasteiger partial charge is 0.352 e. The minimum absolute atomic E-state index is 0.359. The lowest BCUT2D eigenvalue weighted by atomic mass is 10.1. The molecular weight excluding hydrogens is 384 g/mol. The Morgan fingerprint density at radius 1 is 0.839 bits per heavy atom. The molecule has 31 heavy (non-hydrogen) atoms. The number of hydrogen-bond donors (Lipinski definition) is 2. The summed E-state index contributed by atoms with van der Waals surface area (Å²) in [6.07, 6.45) is 0. The van der Waals surface area contributed by atoms with Crippen molar-refractivity contribution in [1.82, 2.24) is 9.88 Å². The van der Waals surface area contributed by atoms with Crippen LogP contribution < -0.4 is 5.32 Å². The lowest BCUT2D eigenvalue weighted by molar-refractivity contribution is 0.0684. The summed E-state index contributed by atoms with van der Waals surface area (Å²) >= 11 is 0. The molecule has 4 aromatic rings. The maximum absolute atomic E-state index is 12.4. The van der Waals surface area contributed by atoms with Gasteiger partial charge in [0.15, 0.2) is 0 Å². The number of benzene rings is 3. The van der Waals surface area contributed by atoms with Crippen molar-refractivity contribution in [3.8, 4) is 0 Å². The average molecular weight is 413 g/mol. The number of nitrogens with zero attached hydrogens (tertiary/aromatic N) is 1. The van der Waals surface area contributed by atoms with Gasteiger partial charge in [-0.2, -0.15) is 0 Å². The summed E-state index contributed by atoms with van der Waals surface area (Å²) in [6, 6.07) is 22.8. The van der Waals surface area contributed by atoms with Crippen molar-refractivity contribution in [3.05, 3.63) is 106 Å². The molecule has 0 saturated heterocycles. The molecule has 4 nitrogen and oxygen atoms in total. The molecule has 1 aromatic heterocycles. The van der Waals surface area contributed by atoms with Crippen molar-refractivity contribution < 1.29 is 9.90 Å². The third-order valence-electron chi connectivity index (χ3n) is 5.70. The number of carboxylic acids is 1. The van der Waals surface area contributed by atoms with Crippen molar-refractivity contribution in [2.24, 2.45) is 0 Å². The van der Waals surface area contributed by atoms with Gasteiger partial charge in [-0.25, -0.2) is 4.79 Å². The number of hydrogen-bond acceptors (Lipinski definition) is 2. The van der Waals surface area contributed by atoms with Crippen LogP contribution in [0.15, 0.2) is 66.7 Å². The zero-order valence-corrected chi connectivity index (χ0v) is 18.3. The van der Waals surface area contributed by atoms with Gasteiger partial charge in [-0.1, -0.05) is 71.8 Å². The summed E-state index contributed by atoms with van der Waals surface area (Å²) in [5.74, 6) is -0.895. The Bertz CT molecular complexity index is 1240. The molecule has 0 aliphatic carbocycles. The molecule has 0 aliphatic heterocycles. The van der Waals surface area contributed by atoms with Gasteiger partial charge >= 0.3 is 5.97 Å². The van der Waals surface area contributed by atoms with Crippen LogP contribution in [0.3, 0.4) is 0 Å². The highest BCUT2D eigenvalue weighted by atomic mass is 16.4. The third-order valence-corrected chi connectivity index (χ3v) is 5.70. The Labute approximate surface area is 183 Å². The molecule has 0 unspecified atom stereocenters. The Balaban J connectivity index is 1.72. The molecule has 0 radical (unpaired) electrons. The summed E-state index contributed by atoms with van der Waals surface area (Å²) in [4.78, 5) is 12.4. The van der Waals surface area contributed by atoms with Gasteiger partial charge in [-0.15, -0.1) is 0 Å². The summed E-state index contributed by atoms with van der Waals surface area (Å²) in [5, 5.41) is 14.6. The van der Waals surface area contributed by atoms with Gasteiger partial charge in [0.05, 0.1) is 0 Å². The van der Waals surface area contributed by atoms with E-state index in [0.717, 1.165) is 27.6 Å². The Kier molecular flexibility index (Phi) is 5.92. The predicted octanol–water partition coefficient (Wildman–Crippen LogP) is 5.60. The lowest BCUT2D eigenvalue weighted by Gasteiger charge is -2.11. The first kappa shape index (κ1) is 20.9. The predicted molar refractivity (Wildman–Crippen MR) is 126 cm³/mol.